The maximum Gasteiger partial charge on any atom is 0.230 e. The van der Waals surface area contributed by atoms with Crippen molar-refractivity contribution in [3.63, 3.8) is 0 Å². The molecule has 0 unspecified atom stereocenters. The Morgan fingerprint density at radius 2 is 1.94 bits per heavy atom. The molecule has 98 valence electrons. The molecule has 3 nitrogen and oxygen atoms in total. The van der Waals surface area contributed by atoms with Gasteiger partial charge in [0.25, 0.3) is 0 Å². The third-order valence-electron chi connectivity index (χ3n) is 3.58. The van der Waals surface area contributed by atoms with Crippen LogP contribution in [0.5, 0.6) is 0 Å². The van der Waals surface area contributed by atoms with Gasteiger partial charge < -0.3 is 10.2 Å². The first-order chi connectivity index (χ1) is 8.65. The summed E-state index contributed by atoms with van der Waals surface area (Å²) in [4.78, 5) is 14.4. The number of amides is 1. The first-order valence-electron chi connectivity index (χ1n) is 6.64. The van der Waals surface area contributed by atoms with Gasteiger partial charge in [-0.15, -0.1) is 0 Å². The van der Waals surface area contributed by atoms with Gasteiger partial charge in [-0.3, -0.25) is 4.79 Å². The normalized spacial score (nSPS) is 16.6. The highest BCUT2D eigenvalue weighted by Crippen LogP contribution is 2.48. The highest BCUT2D eigenvalue weighted by atomic mass is 16.2. The van der Waals surface area contributed by atoms with Crippen LogP contribution in [0, 0.1) is 0 Å². The van der Waals surface area contributed by atoms with Crippen molar-refractivity contribution >= 4 is 5.91 Å². The van der Waals surface area contributed by atoms with Gasteiger partial charge in [-0.1, -0.05) is 30.3 Å². The molecular formula is C15H22N2O. The first-order valence-corrected chi connectivity index (χ1v) is 6.64. The Morgan fingerprint density at radius 3 is 2.50 bits per heavy atom. The van der Waals surface area contributed by atoms with E-state index in [1.807, 2.05) is 32.3 Å². The molecule has 1 aromatic rings. The van der Waals surface area contributed by atoms with Crippen LogP contribution in [-0.2, 0) is 10.2 Å². The zero-order valence-corrected chi connectivity index (χ0v) is 11.3. The van der Waals surface area contributed by atoms with Gasteiger partial charge in [-0.25, -0.2) is 0 Å². The molecular weight excluding hydrogens is 224 g/mol. The standard InChI is InChI=1S/C15H22N2O/c1-17(2)12-6-11-16-14(18)15(9-10-15)13-7-4-3-5-8-13/h3-5,7-8H,6,9-12H2,1-2H3,(H,16,18). The van der Waals surface area contributed by atoms with Crippen molar-refractivity contribution in [2.75, 3.05) is 27.2 Å². The van der Waals surface area contributed by atoms with E-state index in [0.29, 0.717) is 0 Å². The molecule has 2 rings (SSSR count). The maximum atomic E-state index is 12.2. The Bertz CT molecular complexity index is 396. The number of hydrogen-bond acceptors (Lipinski definition) is 2. The minimum absolute atomic E-state index is 0.201. The molecule has 1 aliphatic rings. The number of benzene rings is 1. The summed E-state index contributed by atoms with van der Waals surface area (Å²) in [5.41, 5.74) is 0.939. The van der Waals surface area contributed by atoms with Crippen molar-refractivity contribution in [3.05, 3.63) is 35.9 Å². The average molecular weight is 246 g/mol. The van der Waals surface area contributed by atoms with Crippen LogP contribution < -0.4 is 5.32 Å². The number of nitrogens with zero attached hydrogens (tertiary/aromatic N) is 1. The van der Waals surface area contributed by atoms with Crippen molar-refractivity contribution in [3.8, 4) is 0 Å². The van der Waals surface area contributed by atoms with Crippen molar-refractivity contribution in [1.29, 1.82) is 0 Å². The number of hydrogen-bond donors (Lipinski definition) is 1. The molecule has 0 aromatic heterocycles. The van der Waals surface area contributed by atoms with Crippen LogP contribution in [0.25, 0.3) is 0 Å². The zero-order valence-electron chi connectivity index (χ0n) is 11.3. The Labute approximate surface area is 109 Å². The topological polar surface area (TPSA) is 32.3 Å². The molecule has 1 N–H and O–H groups in total. The molecule has 0 bridgehead atoms. The monoisotopic (exact) mass is 246 g/mol. The highest BCUT2D eigenvalue weighted by Gasteiger charge is 2.50. The number of nitrogens with one attached hydrogen (secondary N) is 1. The van der Waals surface area contributed by atoms with Gasteiger partial charge >= 0.3 is 0 Å². The number of carbonyl (C=O) groups is 1. The van der Waals surface area contributed by atoms with Gasteiger partial charge in [-0.2, -0.15) is 0 Å². The summed E-state index contributed by atoms with van der Waals surface area (Å²) in [7, 11) is 4.10. The molecule has 1 amide bonds. The molecule has 0 heterocycles. The van der Waals surface area contributed by atoms with E-state index in [2.05, 4.69) is 22.3 Å². The van der Waals surface area contributed by atoms with E-state index in [4.69, 9.17) is 0 Å². The van der Waals surface area contributed by atoms with Crippen molar-refractivity contribution < 1.29 is 4.79 Å². The lowest BCUT2D eigenvalue weighted by molar-refractivity contribution is -0.123. The van der Waals surface area contributed by atoms with Crippen LogP contribution in [0.3, 0.4) is 0 Å². The predicted octanol–water partition coefficient (Wildman–Crippen LogP) is 1.79. The summed E-state index contributed by atoms with van der Waals surface area (Å²) in [5.74, 6) is 0.201. The van der Waals surface area contributed by atoms with Crippen LogP contribution >= 0.6 is 0 Å². The van der Waals surface area contributed by atoms with E-state index in [1.54, 1.807) is 0 Å². The molecule has 0 aliphatic heterocycles. The Kier molecular flexibility index (Phi) is 4.02. The Morgan fingerprint density at radius 1 is 1.28 bits per heavy atom. The summed E-state index contributed by atoms with van der Waals surface area (Å²) >= 11 is 0. The summed E-state index contributed by atoms with van der Waals surface area (Å²) in [6.45, 7) is 1.78. The second kappa shape index (κ2) is 5.53. The summed E-state index contributed by atoms with van der Waals surface area (Å²) < 4.78 is 0. The van der Waals surface area contributed by atoms with Crippen LogP contribution in [0.1, 0.15) is 24.8 Å². The van der Waals surface area contributed by atoms with E-state index < -0.39 is 0 Å². The zero-order chi connectivity index (χ0) is 13.0. The summed E-state index contributed by atoms with van der Waals surface area (Å²) in [6.07, 6.45) is 2.97. The van der Waals surface area contributed by atoms with Crippen LogP contribution in [0.2, 0.25) is 0 Å². The maximum absolute atomic E-state index is 12.2. The lowest BCUT2D eigenvalue weighted by Gasteiger charge is -2.16. The molecule has 3 heteroatoms. The first kappa shape index (κ1) is 13.1. The fourth-order valence-electron chi connectivity index (χ4n) is 2.30. The fraction of sp³-hybridized carbons (Fsp3) is 0.533. The molecule has 18 heavy (non-hydrogen) atoms. The van der Waals surface area contributed by atoms with Crippen molar-refractivity contribution in [2.24, 2.45) is 0 Å². The largest absolute Gasteiger partial charge is 0.355 e. The van der Waals surface area contributed by atoms with Gasteiger partial charge in [0.2, 0.25) is 5.91 Å². The molecule has 0 radical (unpaired) electrons. The van der Waals surface area contributed by atoms with Crippen LogP contribution in [-0.4, -0.2) is 38.0 Å². The van der Waals surface area contributed by atoms with E-state index in [0.717, 1.165) is 37.9 Å². The van der Waals surface area contributed by atoms with Crippen molar-refractivity contribution in [1.82, 2.24) is 10.2 Å². The van der Waals surface area contributed by atoms with Gasteiger partial charge in [-0.05, 0) is 45.5 Å². The molecule has 1 fully saturated rings. The smallest absolute Gasteiger partial charge is 0.230 e. The average Bonchev–Trinajstić information content (AvgIpc) is 3.17. The van der Waals surface area contributed by atoms with E-state index in [-0.39, 0.29) is 11.3 Å². The summed E-state index contributed by atoms with van der Waals surface area (Å²) in [6, 6.07) is 10.1. The quantitative estimate of drug-likeness (QED) is 0.776. The molecule has 0 spiro atoms. The molecule has 1 aliphatic carbocycles. The third kappa shape index (κ3) is 2.91. The lowest BCUT2D eigenvalue weighted by Crippen LogP contribution is -2.36. The lowest BCUT2D eigenvalue weighted by atomic mass is 9.95. The molecule has 1 saturated carbocycles. The van der Waals surface area contributed by atoms with Gasteiger partial charge in [0.15, 0.2) is 0 Å². The minimum atomic E-state index is -0.223. The van der Waals surface area contributed by atoms with Crippen LogP contribution in [0.4, 0.5) is 0 Å². The minimum Gasteiger partial charge on any atom is -0.355 e. The highest BCUT2D eigenvalue weighted by molar-refractivity contribution is 5.91. The summed E-state index contributed by atoms with van der Waals surface area (Å²) in [5, 5.41) is 3.07. The Balaban J connectivity index is 1.86. The fourth-order valence-corrected chi connectivity index (χ4v) is 2.30. The van der Waals surface area contributed by atoms with Gasteiger partial charge in [0.05, 0.1) is 5.41 Å². The van der Waals surface area contributed by atoms with Crippen LogP contribution in [0.15, 0.2) is 30.3 Å². The predicted molar refractivity (Wildman–Crippen MR) is 73.5 cm³/mol. The second-order valence-corrected chi connectivity index (χ2v) is 5.36. The molecule has 0 atom stereocenters. The van der Waals surface area contributed by atoms with Crippen molar-refractivity contribution in [2.45, 2.75) is 24.7 Å². The van der Waals surface area contributed by atoms with E-state index >= 15 is 0 Å². The number of carbonyl (C=O) groups excluding carboxylic acids is 1. The molecule has 1 aromatic carbocycles. The Hall–Kier alpha value is -1.35. The van der Waals surface area contributed by atoms with Gasteiger partial charge in [0, 0.05) is 6.54 Å². The number of rotatable bonds is 6. The van der Waals surface area contributed by atoms with Gasteiger partial charge in [0.1, 0.15) is 0 Å². The third-order valence-corrected chi connectivity index (χ3v) is 3.58. The SMILES string of the molecule is CN(C)CCCNC(=O)C1(c2ccccc2)CC1. The second-order valence-electron chi connectivity index (χ2n) is 5.36. The van der Waals surface area contributed by atoms with E-state index in [1.165, 1.54) is 0 Å². The molecule has 0 saturated heterocycles. The van der Waals surface area contributed by atoms with E-state index in [9.17, 15) is 4.79 Å².